The Kier molecular flexibility index (Phi) is 4.43. The molecule has 0 fully saturated rings. The second-order valence-corrected chi connectivity index (χ2v) is 4.96. The maximum absolute atomic E-state index is 6.08. The summed E-state index contributed by atoms with van der Waals surface area (Å²) in [6.07, 6.45) is 6.67. The van der Waals surface area contributed by atoms with Gasteiger partial charge in [-0.15, -0.1) is 0 Å². The van der Waals surface area contributed by atoms with Crippen molar-refractivity contribution < 1.29 is 0 Å². The van der Waals surface area contributed by atoms with Crippen LogP contribution < -0.4 is 5.73 Å². The lowest BCUT2D eigenvalue weighted by molar-refractivity contribution is 0.424. The number of hydrogen-bond donors (Lipinski definition) is 1. The Labute approximate surface area is 111 Å². The van der Waals surface area contributed by atoms with Crippen LogP contribution in [0.5, 0.6) is 0 Å². The average Bonchev–Trinajstić information content (AvgIpc) is 3.01. The molecule has 0 spiro atoms. The van der Waals surface area contributed by atoms with Crippen molar-refractivity contribution in [3.63, 3.8) is 0 Å². The van der Waals surface area contributed by atoms with Gasteiger partial charge in [0.1, 0.15) is 0 Å². The van der Waals surface area contributed by atoms with Crippen LogP contribution in [0.1, 0.15) is 50.2 Å². The molecule has 2 N–H and O–H groups in total. The quantitative estimate of drug-likeness (QED) is 0.870. The molecule has 0 amide bonds. The maximum Gasteiger partial charge on any atom is 0.0914 e. The second-order valence-electron chi connectivity index (χ2n) is 4.40. The monoisotopic (exact) mass is 265 g/mol. The molecule has 0 aromatic carbocycles. The summed E-state index contributed by atoms with van der Waals surface area (Å²) in [5.41, 5.74) is 7.94. The molecule has 0 radical (unpaired) electrons. The highest BCUT2D eigenvalue weighted by Gasteiger charge is 2.13. The van der Waals surface area contributed by atoms with E-state index in [1.54, 1.807) is 6.20 Å². The van der Waals surface area contributed by atoms with Gasteiger partial charge in [0.15, 0.2) is 0 Å². The van der Waals surface area contributed by atoms with Crippen LogP contribution in [0.2, 0.25) is 0 Å². The van der Waals surface area contributed by atoms with Crippen LogP contribution in [0.15, 0.2) is 18.5 Å². The van der Waals surface area contributed by atoms with Gasteiger partial charge in [-0.1, -0.05) is 13.8 Å². The molecule has 0 bridgehead atoms. The number of aromatic nitrogens is 4. The Morgan fingerprint density at radius 1 is 1.39 bits per heavy atom. The van der Waals surface area contributed by atoms with Crippen LogP contribution in [0, 0.1) is 0 Å². The summed E-state index contributed by atoms with van der Waals surface area (Å²) in [7, 11) is 0. The standard InChI is InChI=1S/C12H19N5S/c1-3-10(4-2)17-6-5-9(15-17)7-11(13)12-8-14-18-16-12/h5-6,8,10-11H,3-4,7,13H2,1-2H3. The zero-order chi connectivity index (χ0) is 13.0. The molecule has 2 aromatic heterocycles. The normalized spacial score (nSPS) is 13.1. The second kappa shape index (κ2) is 6.06. The zero-order valence-electron chi connectivity index (χ0n) is 10.8. The molecular formula is C12H19N5S. The third kappa shape index (κ3) is 2.94. The Morgan fingerprint density at radius 2 is 2.17 bits per heavy atom. The molecule has 1 atom stereocenters. The molecule has 2 aromatic rings. The van der Waals surface area contributed by atoms with Gasteiger partial charge in [0.25, 0.3) is 0 Å². The Bertz CT molecular complexity index is 461. The highest BCUT2D eigenvalue weighted by molar-refractivity contribution is 6.99. The van der Waals surface area contributed by atoms with E-state index in [0.29, 0.717) is 12.5 Å². The summed E-state index contributed by atoms with van der Waals surface area (Å²) < 4.78 is 10.2. The van der Waals surface area contributed by atoms with E-state index in [-0.39, 0.29) is 6.04 Å². The lowest BCUT2D eigenvalue weighted by Crippen LogP contribution is -2.15. The smallest absolute Gasteiger partial charge is 0.0914 e. The molecule has 1 unspecified atom stereocenters. The lowest BCUT2D eigenvalue weighted by atomic mass is 10.1. The van der Waals surface area contributed by atoms with Crippen molar-refractivity contribution in [1.29, 1.82) is 0 Å². The third-order valence-corrected chi connectivity index (χ3v) is 3.66. The molecule has 0 saturated heterocycles. The van der Waals surface area contributed by atoms with E-state index in [0.717, 1.165) is 24.2 Å². The molecule has 5 nitrogen and oxygen atoms in total. The first-order chi connectivity index (χ1) is 8.74. The predicted molar refractivity (Wildman–Crippen MR) is 72.4 cm³/mol. The topological polar surface area (TPSA) is 69.6 Å². The van der Waals surface area contributed by atoms with E-state index >= 15 is 0 Å². The van der Waals surface area contributed by atoms with Gasteiger partial charge in [-0.05, 0) is 18.9 Å². The molecule has 0 saturated carbocycles. The van der Waals surface area contributed by atoms with E-state index in [4.69, 9.17) is 5.73 Å². The Morgan fingerprint density at radius 3 is 2.78 bits per heavy atom. The molecular weight excluding hydrogens is 246 g/mol. The first-order valence-electron chi connectivity index (χ1n) is 6.31. The average molecular weight is 265 g/mol. The third-order valence-electron chi connectivity index (χ3n) is 3.17. The minimum Gasteiger partial charge on any atom is -0.322 e. The van der Waals surface area contributed by atoms with Crippen LogP contribution in [-0.2, 0) is 6.42 Å². The van der Waals surface area contributed by atoms with Crippen LogP contribution in [-0.4, -0.2) is 18.5 Å². The number of nitrogens with two attached hydrogens (primary N) is 1. The van der Waals surface area contributed by atoms with Gasteiger partial charge < -0.3 is 5.73 Å². The fraction of sp³-hybridized carbons (Fsp3) is 0.583. The van der Waals surface area contributed by atoms with E-state index in [2.05, 4.69) is 27.7 Å². The van der Waals surface area contributed by atoms with Gasteiger partial charge in [-0.3, -0.25) is 4.68 Å². The molecule has 0 aliphatic rings. The summed E-state index contributed by atoms with van der Waals surface area (Å²) in [5.74, 6) is 0. The summed E-state index contributed by atoms with van der Waals surface area (Å²) in [6, 6.07) is 2.41. The molecule has 0 aliphatic heterocycles. The first kappa shape index (κ1) is 13.2. The van der Waals surface area contributed by atoms with Gasteiger partial charge in [-0.25, -0.2) is 0 Å². The molecule has 0 aliphatic carbocycles. The Balaban J connectivity index is 2.02. The minimum absolute atomic E-state index is 0.117. The highest BCUT2D eigenvalue weighted by atomic mass is 32.1. The fourth-order valence-corrected chi connectivity index (χ4v) is 2.50. The number of nitrogens with zero attached hydrogens (tertiary/aromatic N) is 4. The molecule has 2 heterocycles. The van der Waals surface area contributed by atoms with Gasteiger partial charge in [0.05, 0.1) is 41.4 Å². The van der Waals surface area contributed by atoms with Crippen LogP contribution >= 0.6 is 11.7 Å². The summed E-state index contributed by atoms with van der Waals surface area (Å²) >= 11 is 1.19. The number of rotatable bonds is 6. The zero-order valence-corrected chi connectivity index (χ0v) is 11.6. The predicted octanol–water partition coefficient (Wildman–Crippen LogP) is 2.34. The van der Waals surface area contributed by atoms with Crippen molar-refractivity contribution in [3.05, 3.63) is 29.8 Å². The van der Waals surface area contributed by atoms with Crippen molar-refractivity contribution in [2.24, 2.45) is 5.73 Å². The molecule has 6 heteroatoms. The van der Waals surface area contributed by atoms with Gasteiger partial charge >= 0.3 is 0 Å². The molecule has 2 rings (SSSR count). The summed E-state index contributed by atoms with van der Waals surface area (Å²) in [4.78, 5) is 0. The van der Waals surface area contributed by atoms with Crippen LogP contribution in [0.3, 0.4) is 0 Å². The van der Waals surface area contributed by atoms with Crippen molar-refractivity contribution >= 4 is 11.7 Å². The summed E-state index contributed by atoms with van der Waals surface area (Å²) in [5, 5.41) is 4.59. The Hall–Kier alpha value is -1.27. The van der Waals surface area contributed by atoms with Crippen molar-refractivity contribution in [2.75, 3.05) is 0 Å². The fourth-order valence-electron chi connectivity index (χ4n) is 2.02. The van der Waals surface area contributed by atoms with E-state index < -0.39 is 0 Å². The van der Waals surface area contributed by atoms with Crippen molar-refractivity contribution in [1.82, 2.24) is 18.5 Å². The maximum atomic E-state index is 6.08. The van der Waals surface area contributed by atoms with Crippen molar-refractivity contribution in [3.8, 4) is 0 Å². The van der Waals surface area contributed by atoms with E-state index in [9.17, 15) is 0 Å². The molecule has 98 valence electrons. The van der Waals surface area contributed by atoms with Crippen LogP contribution in [0.25, 0.3) is 0 Å². The van der Waals surface area contributed by atoms with Gasteiger partial charge in [0, 0.05) is 12.6 Å². The molecule has 18 heavy (non-hydrogen) atoms. The van der Waals surface area contributed by atoms with E-state index in [1.807, 2.05) is 16.9 Å². The van der Waals surface area contributed by atoms with Crippen LogP contribution in [0.4, 0.5) is 0 Å². The number of hydrogen-bond acceptors (Lipinski definition) is 5. The SMILES string of the molecule is CCC(CC)n1ccc(CC(N)c2cnsn2)n1. The van der Waals surface area contributed by atoms with Gasteiger partial charge in [0.2, 0.25) is 0 Å². The first-order valence-corrected chi connectivity index (χ1v) is 7.04. The highest BCUT2D eigenvalue weighted by Crippen LogP contribution is 2.17. The van der Waals surface area contributed by atoms with Crippen molar-refractivity contribution in [2.45, 2.75) is 45.2 Å². The lowest BCUT2D eigenvalue weighted by Gasteiger charge is -2.12. The van der Waals surface area contributed by atoms with E-state index in [1.165, 1.54) is 11.7 Å². The summed E-state index contributed by atoms with van der Waals surface area (Å²) in [6.45, 7) is 4.37. The minimum atomic E-state index is -0.117. The van der Waals surface area contributed by atoms with Gasteiger partial charge in [-0.2, -0.15) is 13.8 Å². The largest absolute Gasteiger partial charge is 0.322 e.